The number of benzene rings is 1. The van der Waals surface area contributed by atoms with E-state index >= 15 is 0 Å². The number of nitrogens with two attached hydrogens (primary N) is 1. The van der Waals surface area contributed by atoms with Gasteiger partial charge in [-0.1, -0.05) is 11.6 Å². The van der Waals surface area contributed by atoms with E-state index < -0.39 is 5.82 Å². The molecular formula is C12H17Cl2FN2O2. The Bertz CT molecular complexity index is 432. The molecule has 0 aliphatic carbocycles. The molecule has 0 radical (unpaired) electrons. The van der Waals surface area contributed by atoms with Crippen LogP contribution in [0.15, 0.2) is 18.2 Å². The van der Waals surface area contributed by atoms with Gasteiger partial charge in [-0.25, -0.2) is 4.39 Å². The SMILES string of the molecule is CC(CN)N(C)C(=O)COc1ccc(F)c(Cl)c1.Cl. The number of rotatable bonds is 5. The van der Waals surface area contributed by atoms with E-state index in [1.807, 2.05) is 6.92 Å². The Morgan fingerprint density at radius 3 is 2.74 bits per heavy atom. The number of likely N-dealkylation sites (N-methyl/N-ethyl adjacent to an activating group) is 1. The topological polar surface area (TPSA) is 55.6 Å². The molecule has 7 heteroatoms. The Kier molecular flexibility index (Phi) is 7.75. The molecule has 1 atom stereocenters. The monoisotopic (exact) mass is 310 g/mol. The molecule has 0 fully saturated rings. The van der Waals surface area contributed by atoms with Gasteiger partial charge < -0.3 is 15.4 Å². The highest BCUT2D eigenvalue weighted by atomic mass is 35.5. The van der Waals surface area contributed by atoms with Gasteiger partial charge in [0.15, 0.2) is 6.61 Å². The van der Waals surface area contributed by atoms with Crippen LogP contribution < -0.4 is 10.5 Å². The smallest absolute Gasteiger partial charge is 0.260 e. The zero-order valence-electron chi connectivity index (χ0n) is 10.7. The van der Waals surface area contributed by atoms with Crippen molar-refractivity contribution in [3.8, 4) is 5.75 Å². The lowest BCUT2D eigenvalue weighted by Crippen LogP contribution is -2.42. The van der Waals surface area contributed by atoms with Crippen molar-refractivity contribution < 1.29 is 13.9 Å². The first kappa shape index (κ1) is 18.0. The third-order valence-electron chi connectivity index (χ3n) is 2.65. The molecule has 1 amide bonds. The quantitative estimate of drug-likeness (QED) is 0.906. The molecule has 0 aromatic heterocycles. The summed E-state index contributed by atoms with van der Waals surface area (Å²) in [6.07, 6.45) is 0. The Hall–Kier alpha value is -1.04. The summed E-state index contributed by atoms with van der Waals surface area (Å²) in [5, 5.41) is -0.0383. The summed E-state index contributed by atoms with van der Waals surface area (Å²) >= 11 is 5.60. The molecule has 0 saturated heterocycles. The zero-order valence-corrected chi connectivity index (χ0v) is 12.3. The molecule has 0 aliphatic heterocycles. The number of carbonyl (C=O) groups is 1. The Balaban J connectivity index is 0.00000324. The first-order valence-electron chi connectivity index (χ1n) is 5.49. The Morgan fingerprint density at radius 2 is 2.21 bits per heavy atom. The largest absolute Gasteiger partial charge is 0.484 e. The number of amides is 1. The number of hydrogen-bond donors (Lipinski definition) is 1. The van der Waals surface area contributed by atoms with E-state index in [9.17, 15) is 9.18 Å². The predicted molar refractivity (Wildman–Crippen MR) is 75.4 cm³/mol. The Labute approximate surface area is 123 Å². The van der Waals surface area contributed by atoms with Gasteiger partial charge in [-0.3, -0.25) is 4.79 Å². The number of hydrogen-bond acceptors (Lipinski definition) is 3. The van der Waals surface area contributed by atoms with E-state index in [0.29, 0.717) is 12.3 Å². The lowest BCUT2D eigenvalue weighted by molar-refractivity contribution is -0.133. The van der Waals surface area contributed by atoms with Gasteiger partial charge in [0.25, 0.3) is 5.91 Å². The van der Waals surface area contributed by atoms with Gasteiger partial charge in [0, 0.05) is 25.7 Å². The molecule has 0 saturated carbocycles. The van der Waals surface area contributed by atoms with Crippen LogP contribution in [0.5, 0.6) is 5.75 Å². The van der Waals surface area contributed by atoms with E-state index in [0.717, 1.165) is 0 Å². The molecule has 0 aliphatic rings. The van der Waals surface area contributed by atoms with Gasteiger partial charge in [-0.05, 0) is 19.1 Å². The fourth-order valence-corrected chi connectivity index (χ4v) is 1.39. The van der Waals surface area contributed by atoms with Crippen LogP contribution in [0, 0.1) is 5.82 Å². The van der Waals surface area contributed by atoms with Crippen LogP contribution in [0.3, 0.4) is 0 Å². The van der Waals surface area contributed by atoms with Crippen LogP contribution in [0.25, 0.3) is 0 Å². The zero-order chi connectivity index (χ0) is 13.7. The predicted octanol–water partition coefficient (Wildman–Crippen LogP) is 2.09. The summed E-state index contributed by atoms with van der Waals surface area (Å²) in [5.74, 6) is -0.374. The van der Waals surface area contributed by atoms with Crippen LogP contribution in [0.1, 0.15) is 6.92 Å². The third-order valence-corrected chi connectivity index (χ3v) is 2.94. The third kappa shape index (κ3) is 5.22. The van der Waals surface area contributed by atoms with Gasteiger partial charge in [0.05, 0.1) is 5.02 Å². The van der Waals surface area contributed by atoms with E-state index in [4.69, 9.17) is 22.1 Å². The van der Waals surface area contributed by atoms with Crippen molar-refractivity contribution >= 4 is 29.9 Å². The van der Waals surface area contributed by atoms with Crippen LogP contribution in [-0.2, 0) is 4.79 Å². The van der Waals surface area contributed by atoms with E-state index in [1.165, 1.54) is 23.1 Å². The molecule has 0 spiro atoms. The molecule has 2 N–H and O–H groups in total. The molecule has 1 aromatic rings. The first-order valence-corrected chi connectivity index (χ1v) is 5.87. The van der Waals surface area contributed by atoms with Crippen LogP contribution in [-0.4, -0.2) is 37.0 Å². The van der Waals surface area contributed by atoms with Crippen molar-refractivity contribution in [3.05, 3.63) is 29.0 Å². The summed E-state index contributed by atoms with van der Waals surface area (Å²) in [6.45, 7) is 2.08. The highest BCUT2D eigenvalue weighted by Crippen LogP contribution is 2.21. The van der Waals surface area contributed by atoms with Gasteiger partial charge in [-0.15, -0.1) is 12.4 Å². The minimum Gasteiger partial charge on any atom is -0.484 e. The molecule has 1 unspecified atom stereocenters. The van der Waals surface area contributed by atoms with Gasteiger partial charge in [-0.2, -0.15) is 0 Å². The number of ether oxygens (including phenoxy) is 1. The summed E-state index contributed by atoms with van der Waals surface area (Å²) in [6, 6.07) is 3.88. The molecular weight excluding hydrogens is 294 g/mol. The highest BCUT2D eigenvalue weighted by molar-refractivity contribution is 6.30. The summed E-state index contributed by atoms with van der Waals surface area (Å²) in [4.78, 5) is 13.2. The summed E-state index contributed by atoms with van der Waals surface area (Å²) < 4.78 is 18.1. The second-order valence-electron chi connectivity index (χ2n) is 3.95. The van der Waals surface area contributed by atoms with Gasteiger partial charge >= 0.3 is 0 Å². The van der Waals surface area contributed by atoms with Gasteiger partial charge in [0.2, 0.25) is 0 Å². The summed E-state index contributed by atoms with van der Waals surface area (Å²) in [7, 11) is 1.65. The highest BCUT2D eigenvalue weighted by Gasteiger charge is 2.15. The normalized spacial score (nSPS) is 11.4. The van der Waals surface area contributed by atoms with E-state index in [-0.39, 0.29) is 36.0 Å². The second kappa shape index (κ2) is 8.19. The average molecular weight is 311 g/mol. The van der Waals surface area contributed by atoms with E-state index in [1.54, 1.807) is 7.05 Å². The van der Waals surface area contributed by atoms with Crippen LogP contribution >= 0.6 is 24.0 Å². The number of nitrogens with zero attached hydrogens (tertiary/aromatic N) is 1. The molecule has 1 rings (SSSR count). The van der Waals surface area contributed by atoms with Crippen molar-refractivity contribution in [1.82, 2.24) is 4.90 Å². The van der Waals surface area contributed by atoms with Crippen molar-refractivity contribution in [2.45, 2.75) is 13.0 Å². The van der Waals surface area contributed by atoms with Gasteiger partial charge in [0.1, 0.15) is 11.6 Å². The first-order chi connectivity index (χ1) is 8.45. The van der Waals surface area contributed by atoms with Crippen LogP contribution in [0.4, 0.5) is 4.39 Å². The van der Waals surface area contributed by atoms with Crippen molar-refractivity contribution in [2.24, 2.45) is 5.73 Å². The standard InChI is InChI=1S/C12H16ClFN2O2.ClH/c1-8(6-15)16(2)12(17)7-18-9-3-4-11(14)10(13)5-9;/h3-5,8H,6-7,15H2,1-2H3;1H. The maximum Gasteiger partial charge on any atom is 0.260 e. The maximum atomic E-state index is 12.9. The average Bonchev–Trinajstić information content (AvgIpc) is 2.37. The van der Waals surface area contributed by atoms with Crippen molar-refractivity contribution in [2.75, 3.05) is 20.2 Å². The minimum atomic E-state index is -0.524. The maximum absolute atomic E-state index is 12.9. The molecule has 0 bridgehead atoms. The van der Waals surface area contributed by atoms with Crippen molar-refractivity contribution in [1.29, 1.82) is 0 Å². The lowest BCUT2D eigenvalue weighted by atomic mass is 10.3. The minimum absolute atomic E-state index is 0. The van der Waals surface area contributed by atoms with E-state index in [2.05, 4.69) is 0 Å². The fraction of sp³-hybridized carbons (Fsp3) is 0.417. The molecule has 0 heterocycles. The molecule has 19 heavy (non-hydrogen) atoms. The number of carbonyl (C=O) groups excluding carboxylic acids is 1. The molecule has 1 aromatic carbocycles. The fourth-order valence-electron chi connectivity index (χ4n) is 1.22. The number of halogens is 3. The second-order valence-corrected chi connectivity index (χ2v) is 4.36. The van der Waals surface area contributed by atoms with Crippen molar-refractivity contribution in [3.63, 3.8) is 0 Å². The van der Waals surface area contributed by atoms with Crippen LogP contribution in [0.2, 0.25) is 5.02 Å². The Morgan fingerprint density at radius 1 is 1.58 bits per heavy atom. The molecule has 4 nitrogen and oxygen atoms in total. The summed E-state index contributed by atoms with van der Waals surface area (Å²) in [5.41, 5.74) is 5.46. The molecule has 108 valence electrons. The lowest BCUT2D eigenvalue weighted by Gasteiger charge is -2.23.